The van der Waals surface area contributed by atoms with Crippen LogP contribution in [0.5, 0.6) is 11.5 Å². The number of hydrogen-bond donors (Lipinski definition) is 3. The lowest BCUT2D eigenvalue weighted by atomic mass is 9.98. The topological polar surface area (TPSA) is 127 Å². The second-order valence-electron chi connectivity index (χ2n) is 10.5. The molecule has 0 radical (unpaired) electrons. The molecule has 0 bridgehead atoms. The van der Waals surface area contributed by atoms with Crippen LogP contribution in [0.3, 0.4) is 0 Å². The zero-order chi connectivity index (χ0) is 33.6. The number of anilines is 2. The fourth-order valence-electron chi connectivity index (χ4n) is 5.19. The number of methoxy groups -OCH3 is 2. The van der Waals surface area contributed by atoms with Crippen LogP contribution in [0.4, 0.5) is 10.8 Å². The molecule has 0 spiro atoms. The van der Waals surface area contributed by atoms with Crippen LogP contribution in [0.15, 0.2) is 119 Å². The molecule has 9 nitrogen and oxygen atoms in total. The maximum atomic E-state index is 13.7. The quantitative estimate of drug-likeness (QED) is 0.117. The molecular formula is C37H29N3O6S2. The molecule has 11 heteroatoms. The van der Waals surface area contributed by atoms with Crippen LogP contribution in [0, 0.1) is 0 Å². The lowest BCUT2D eigenvalue weighted by Crippen LogP contribution is -2.19. The van der Waals surface area contributed by atoms with Gasteiger partial charge < -0.3 is 25.2 Å². The highest BCUT2D eigenvalue weighted by Crippen LogP contribution is 2.38. The number of carbonyl (C=O) groups excluding carboxylic acids is 2. The summed E-state index contributed by atoms with van der Waals surface area (Å²) in [6.07, 6.45) is 0. The highest BCUT2D eigenvalue weighted by Gasteiger charge is 2.24. The molecule has 1 atom stereocenters. The third kappa shape index (κ3) is 7.02. The zero-order valence-corrected chi connectivity index (χ0v) is 27.4. The molecule has 0 aliphatic rings. The van der Waals surface area contributed by atoms with E-state index in [-0.39, 0.29) is 17.0 Å². The Balaban J connectivity index is 1.18. The Morgan fingerprint density at radius 2 is 1.50 bits per heavy atom. The van der Waals surface area contributed by atoms with Crippen LogP contribution in [-0.2, 0) is 4.79 Å². The largest absolute Gasteiger partial charge is 0.493 e. The van der Waals surface area contributed by atoms with Gasteiger partial charge in [0.15, 0.2) is 16.6 Å². The van der Waals surface area contributed by atoms with Crippen LogP contribution in [0.25, 0.3) is 22.0 Å². The summed E-state index contributed by atoms with van der Waals surface area (Å²) in [6, 6.07) is 32.2. The van der Waals surface area contributed by atoms with Gasteiger partial charge in [0.25, 0.3) is 5.91 Å². The summed E-state index contributed by atoms with van der Waals surface area (Å²) in [7, 11) is 3.15. The van der Waals surface area contributed by atoms with E-state index < -0.39 is 17.1 Å². The van der Waals surface area contributed by atoms with Gasteiger partial charge in [0.2, 0.25) is 5.91 Å². The molecule has 0 aliphatic heterocycles. The van der Waals surface area contributed by atoms with E-state index in [1.165, 1.54) is 29.2 Å². The van der Waals surface area contributed by atoms with E-state index in [1.807, 2.05) is 66.0 Å². The van der Waals surface area contributed by atoms with Gasteiger partial charge in [0, 0.05) is 32.5 Å². The van der Waals surface area contributed by atoms with Gasteiger partial charge in [-0.2, -0.15) is 0 Å². The number of carboxylic acids is 1. The van der Waals surface area contributed by atoms with Crippen molar-refractivity contribution in [3.63, 3.8) is 0 Å². The molecule has 6 rings (SSSR count). The Bertz CT molecular complexity index is 2110. The van der Waals surface area contributed by atoms with Crippen LogP contribution in [0.1, 0.15) is 31.5 Å². The SMILES string of the molecule is COc1ccc(-c2csc(NC(=O)C(Sc3ccc(NC(=O)c4cccc5cccc(C(=O)O)c45)cc3)c3ccccc3)n2)cc1OC. The number of hydrogen-bond acceptors (Lipinski definition) is 8. The number of thioether (sulfide) groups is 1. The summed E-state index contributed by atoms with van der Waals surface area (Å²) in [4.78, 5) is 44.3. The second kappa shape index (κ2) is 14.4. The van der Waals surface area contributed by atoms with Gasteiger partial charge in [0.05, 0.1) is 25.5 Å². The van der Waals surface area contributed by atoms with Crippen LogP contribution in [0.2, 0.25) is 0 Å². The monoisotopic (exact) mass is 675 g/mol. The molecule has 240 valence electrons. The van der Waals surface area contributed by atoms with Crippen LogP contribution >= 0.6 is 23.1 Å². The number of benzene rings is 5. The first-order valence-corrected chi connectivity index (χ1v) is 16.5. The van der Waals surface area contributed by atoms with E-state index in [1.54, 1.807) is 56.7 Å². The molecule has 1 unspecified atom stereocenters. The molecule has 6 aromatic rings. The highest BCUT2D eigenvalue weighted by molar-refractivity contribution is 8.00. The minimum atomic E-state index is -1.10. The van der Waals surface area contributed by atoms with Crippen molar-refractivity contribution in [3.05, 3.63) is 131 Å². The van der Waals surface area contributed by atoms with Crippen LogP contribution < -0.4 is 20.1 Å². The number of carbonyl (C=O) groups is 3. The Labute approximate surface area is 284 Å². The minimum Gasteiger partial charge on any atom is -0.493 e. The number of aromatic nitrogens is 1. The van der Waals surface area contributed by atoms with Crippen molar-refractivity contribution in [2.45, 2.75) is 10.1 Å². The van der Waals surface area contributed by atoms with E-state index in [4.69, 9.17) is 9.47 Å². The van der Waals surface area contributed by atoms with Gasteiger partial charge in [-0.15, -0.1) is 23.1 Å². The first-order valence-electron chi connectivity index (χ1n) is 14.7. The van der Waals surface area contributed by atoms with E-state index in [0.717, 1.165) is 16.0 Å². The summed E-state index contributed by atoms with van der Waals surface area (Å²) in [5, 5.41) is 18.3. The molecule has 0 saturated heterocycles. The molecule has 1 heterocycles. The third-order valence-electron chi connectivity index (χ3n) is 7.50. The van der Waals surface area contributed by atoms with Crippen LogP contribution in [-0.4, -0.2) is 42.1 Å². The van der Waals surface area contributed by atoms with Crippen molar-refractivity contribution >= 4 is 62.5 Å². The molecule has 0 saturated carbocycles. The first kappa shape index (κ1) is 32.3. The predicted molar refractivity (Wildman–Crippen MR) is 190 cm³/mol. The summed E-state index contributed by atoms with van der Waals surface area (Å²) >= 11 is 2.70. The zero-order valence-electron chi connectivity index (χ0n) is 25.8. The van der Waals surface area contributed by atoms with Crippen molar-refractivity contribution in [3.8, 4) is 22.8 Å². The smallest absolute Gasteiger partial charge is 0.336 e. The van der Waals surface area contributed by atoms with Gasteiger partial charge in [0.1, 0.15) is 5.25 Å². The Kier molecular flexibility index (Phi) is 9.70. The maximum absolute atomic E-state index is 13.7. The number of nitrogens with one attached hydrogen (secondary N) is 2. The lowest BCUT2D eigenvalue weighted by molar-refractivity contribution is -0.115. The number of nitrogens with zero attached hydrogens (tertiary/aromatic N) is 1. The van der Waals surface area contributed by atoms with Crippen molar-refractivity contribution in [2.24, 2.45) is 0 Å². The van der Waals surface area contributed by atoms with Crippen molar-refractivity contribution in [1.82, 2.24) is 4.98 Å². The molecule has 0 fully saturated rings. The summed E-state index contributed by atoms with van der Waals surface area (Å²) in [6.45, 7) is 0. The number of rotatable bonds is 11. The van der Waals surface area contributed by atoms with Gasteiger partial charge >= 0.3 is 5.97 Å². The Hall–Kier alpha value is -5.65. The van der Waals surface area contributed by atoms with Crippen molar-refractivity contribution in [2.75, 3.05) is 24.9 Å². The fourth-order valence-corrected chi connectivity index (χ4v) is 6.94. The Morgan fingerprint density at radius 3 is 2.19 bits per heavy atom. The number of carboxylic acid groups (broad SMARTS) is 1. The lowest BCUT2D eigenvalue weighted by Gasteiger charge is -2.16. The maximum Gasteiger partial charge on any atom is 0.336 e. The molecule has 2 amide bonds. The number of fused-ring (bicyclic) bond motifs is 1. The molecule has 3 N–H and O–H groups in total. The molecular weight excluding hydrogens is 647 g/mol. The van der Waals surface area contributed by atoms with Gasteiger partial charge in [-0.25, -0.2) is 9.78 Å². The number of amides is 2. The molecule has 1 aromatic heterocycles. The standard InChI is InChI=1S/C37H29N3O6S2/c1-45-30-19-14-24(20-31(30)46-2)29-21-47-37(39-29)40-35(42)33(23-8-4-3-5-9-23)48-26-17-15-25(16-18-26)38-34(41)27-12-6-10-22-11-7-13-28(32(22)27)36(43)44/h3-21,33H,1-2H3,(H,38,41)(H,43,44)(H,39,40,42). The number of thiazole rings is 1. The van der Waals surface area contributed by atoms with Gasteiger partial charge in [-0.3, -0.25) is 9.59 Å². The highest BCUT2D eigenvalue weighted by atomic mass is 32.2. The molecule has 0 aliphatic carbocycles. The summed E-state index contributed by atoms with van der Waals surface area (Å²) in [5.74, 6) is -0.565. The first-order chi connectivity index (χ1) is 23.3. The number of aromatic carboxylic acids is 1. The summed E-state index contributed by atoms with van der Waals surface area (Å²) in [5.41, 5.74) is 3.19. The van der Waals surface area contributed by atoms with Crippen molar-refractivity contribution in [1.29, 1.82) is 0 Å². The minimum absolute atomic E-state index is 0.0603. The molecule has 5 aromatic carbocycles. The number of ether oxygens (including phenoxy) is 2. The van der Waals surface area contributed by atoms with E-state index in [0.29, 0.717) is 38.8 Å². The predicted octanol–water partition coefficient (Wildman–Crippen LogP) is 8.40. The second-order valence-corrected chi connectivity index (χ2v) is 12.5. The normalized spacial score (nSPS) is 11.5. The van der Waals surface area contributed by atoms with Gasteiger partial charge in [-0.1, -0.05) is 54.6 Å². The van der Waals surface area contributed by atoms with Crippen molar-refractivity contribution < 1.29 is 29.0 Å². The van der Waals surface area contributed by atoms with E-state index in [2.05, 4.69) is 15.6 Å². The van der Waals surface area contributed by atoms with E-state index in [9.17, 15) is 19.5 Å². The fraction of sp³-hybridized carbons (Fsp3) is 0.0811. The average molecular weight is 676 g/mol. The third-order valence-corrected chi connectivity index (χ3v) is 9.52. The average Bonchev–Trinajstić information content (AvgIpc) is 3.59. The van der Waals surface area contributed by atoms with E-state index >= 15 is 0 Å². The summed E-state index contributed by atoms with van der Waals surface area (Å²) < 4.78 is 10.7. The Morgan fingerprint density at radius 1 is 0.792 bits per heavy atom. The van der Waals surface area contributed by atoms with Gasteiger partial charge in [-0.05, 0) is 65.5 Å². The molecule has 48 heavy (non-hydrogen) atoms.